The third kappa shape index (κ3) is 1.73. The minimum Gasteiger partial charge on any atom is -0.464 e. The summed E-state index contributed by atoms with van der Waals surface area (Å²) >= 11 is 0. The SMILES string of the molecule is O=C1OCCC1N1CCC2(CC1)OCCO2. The van der Waals surface area contributed by atoms with Crippen LogP contribution >= 0.6 is 0 Å². The Bertz CT molecular complexity index is 278. The van der Waals surface area contributed by atoms with Crippen LogP contribution in [0, 0.1) is 0 Å². The summed E-state index contributed by atoms with van der Waals surface area (Å²) in [5, 5.41) is 0. The van der Waals surface area contributed by atoms with E-state index in [0.717, 1.165) is 32.4 Å². The number of cyclic esters (lactones) is 1. The maximum absolute atomic E-state index is 11.5. The van der Waals surface area contributed by atoms with Gasteiger partial charge in [0.05, 0.1) is 19.8 Å². The summed E-state index contributed by atoms with van der Waals surface area (Å²) in [5.74, 6) is -0.414. The minimum absolute atomic E-state index is 0.0289. The van der Waals surface area contributed by atoms with Gasteiger partial charge in [-0.2, -0.15) is 0 Å². The molecular weight excluding hydrogens is 210 g/mol. The molecule has 0 aliphatic carbocycles. The third-order valence-electron chi connectivity index (χ3n) is 3.72. The first kappa shape index (κ1) is 10.5. The summed E-state index contributed by atoms with van der Waals surface area (Å²) in [6, 6.07) is -0.0289. The Morgan fingerprint density at radius 2 is 1.81 bits per heavy atom. The topological polar surface area (TPSA) is 48.0 Å². The average molecular weight is 227 g/mol. The molecule has 3 saturated heterocycles. The van der Waals surface area contributed by atoms with Gasteiger partial charge in [-0.05, 0) is 0 Å². The molecule has 3 aliphatic heterocycles. The standard InChI is InChI=1S/C11H17NO4/c13-10-9(1-6-14-10)12-4-2-11(3-5-12)15-7-8-16-11/h9H,1-8H2. The first-order valence-corrected chi connectivity index (χ1v) is 5.98. The lowest BCUT2D eigenvalue weighted by Gasteiger charge is -2.39. The van der Waals surface area contributed by atoms with E-state index in [0.29, 0.717) is 19.8 Å². The van der Waals surface area contributed by atoms with E-state index < -0.39 is 0 Å². The molecule has 16 heavy (non-hydrogen) atoms. The van der Waals surface area contributed by atoms with Crippen LogP contribution in [0.5, 0.6) is 0 Å². The van der Waals surface area contributed by atoms with Crippen molar-refractivity contribution in [2.45, 2.75) is 31.1 Å². The number of ether oxygens (including phenoxy) is 3. The Morgan fingerprint density at radius 1 is 1.12 bits per heavy atom. The fourth-order valence-corrected chi connectivity index (χ4v) is 2.78. The summed E-state index contributed by atoms with van der Waals surface area (Å²) in [6.45, 7) is 3.69. The maximum atomic E-state index is 11.5. The van der Waals surface area contributed by atoms with Crippen LogP contribution in [0.1, 0.15) is 19.3 Å². The molecule has 0 bridgehead atoms. The smallest absolute Gasteiger partial charge is 0.323 e. The minimum atomic E-state index is -0.348. The van der Waals surface area contributed by atoms with E-state index in [2.05, 4.69) is 4.90 Å². The van der Waals surface area contributed by atoms with E-state index in [4.69, 9.17) is 14.2 Å². The Balaban J connectivity index is 1.59. The second-order valence-electron chi connectivity index (χ2n) is 4.62. The van der Waals surface area contributed by atoms with Crippen molar-refractivity contribution in [3.8, 4) is 0 Å². The largest absolute Gasteiger partial charge is 0.464 e. The van der Waals surface area contributed by atoms with E-state index in [-0.39, 0.29) is 17.8 Å². The van der Waals surface area contributed by atoms with Crippen LogP contribution in [-0.2, 0) is 19.0 Å². The molecule has 0 aromatic rings. The van der Waals surface area contributed by atoms with Crippen LogP contribution in [0.3, 0.4) is 0 Å². The number of rotatable bonds is 1. The van der Waals surface area contributed by atoms with Gasteiger partial charge in [-0.25, -0.2) is 0 Å². The number of piperidine rings is 1. The van der Waals surface area contributed by atoms with Gasteiger partial charge >= 0.3 is 5.97 Å². The van der Waals surface area contributed by atoms with Gasteiger partial charge in [-0.3, -0.25) is 9.69 Å². The molecular formula is C11H17NO4. The molecule has 1 spiro atoms. The molecule has 3 aliphatic rings. The summed E-state index contributed by atoms with van der Waals surface area (Å²) in [6.07, 6.45) is 2.54. The summed E-state index contributed by atoms with van der Waals surface area (Å²) in [7, 11) is 0. The molecule has 1 atom stereocenters. The number of carbonyl (C=O) groups is 1. The van der Waals surface area contributed by atoms with E-state index in [1.165, 1.54) is 0 Å². The van der Waals surface area contributed by atoms with Gasteiger partial charge in [0.15, 0.2) is 5.79 Å². The molecule has 0 aromatic carbocycles. The van der Waals surface area contributed by atoms with Crippen LogP contribution < -0.4 is 0 Å². The highest BCUT2D eigenvalue weighted by Gasteiger charge is 2.43. The molecule has 5 heteroatoms. The average Bonchev–Trinajstić information content (AvgIpc) is 2.90. The number of likely N-dealkylation sites (tertiary alicyclic amines) is 1. The number of hydrogen-bond donors (Lipinski definition) is 0. The fourth-order valence-electron chi connectivity index (χ4n) is 2.78. The van der Waals surface area contributed by atoms with Crippen molar-refractivity contribution in [2.24, 2.45) is 0 Å². The highest BCUT2D eigenvalue weighted by molar-refractivity contribution is 5.77. The lowest BCUT2D eigenvalue weighted by atomic mass is 10.0. The van der Waals surface area contributed by atoms with Crippen molar-refractivity contribution in [1.82, 2.24) is 4.90 Å². The summed E-state index contributed by atoms with van der Waals surface area (Å²) in [5.41, 5.74) is 0. The fraction of sp³-hybridized carbons (Fsp3) is 0.909. The second-order valence-corrected chi connectivity index (χ2v) is 4.62. The Hall–Kier alpha value is -0.650. The van der Waals surface area contributed by atoms with Gasteiger partial charge in [0.1, 0.15) is 6.04 Å². The van der Waals surface area contributed by atoms with Crippen LogP contribution in [0.15, 0.2) is 0 Å². The molecule has 3 fully saturated rings. The zero-order valence-electron chi connectivity index (χ0n) is 9.31. The lowest BCUT2D eigenvalue weighted by Crippen LogP contribution is -2.50. The Kier molecular flexibility index (Phi) is 2.61. The molecule has 3 rings (SSSR count). The van der Waals surface area contributed by atoms with Crippen molar-refractivity contribution in [2.75, 3.05) is 32.9 Å². The number of nitrogens with zero attached hydrogens (tertiary/aromatic N) is 1. The van der Waals surface area contributed by atoms with Crippen molar-refractivity contribution in [1.29, 1.82) is 0 Å². The van der Waals surface area contributed by atoms with Gasteiger partial charge in [0.2, 0.25) is 0 Å². The molecule has 3 heterocycles. The lowest BCUT2D eigenvalue weighted by molar-refractivity contribution is -0.189. The monoisotopic (exact) mass is 227 g/mol. The molecule has 0 N–H and O–H groups in total. The van der Waals surface area contributed by atoms with E-state index >= 15 is 0 Å². The molecule has 0 radical (unpaired) electrons. The Labute approximate surface area is 94.6 Å². The number of hydrogen-bond acceptors (Lipinski definition) is 5. The van der Waals surface area contributed by atoms with Crippen LogP contribution in [0.4, 0.5) is 0 Å². The predicted octanol–water partition coefficient (Wildman–Crippen LogP) is 0.141. The van der Waals surface area contributed by atoms with Crippen molar-refractivity contribution >= 4 is 5.97 Å². The summed E-state index contributed by atoms with van der Waals surface area (Å²) < 4.78 is 16.3. The normalized spacial score (nSPS) is 34.5. The van der Waals surface area contributed by atoms with Gasteiger partial charge in [0, 0.05) is 32.4 Å². The quantitative estimate of drug-likeness (QED) is 0.596. The van der Waals surface area contributed by atoms with Crippen LogP contribution in [-0.4, -0.2) is 55.6 Å². The number of carbonyl (C=O) groups excluding carboxylic acids is 1. The second kappa shape index (κ2) is 3.98. The first-order chi connectivity index (χ1) is 7.79. The molecule has 0 aromatic heterocycles. The van der Waals surface area contributed by atoms with Crippen LogP contribution in [0.25, 0.3) is 0 Å². The van der Waals surface area contributed by atoms with Crippen molar-refractivity contribution < 1.29 is 19.0 Å². The van der Waals surface area contributed by atoms with Gasteiger partial charge in [-0.1, -0.05) is 0 Å². The highest BCUT2D eigenvalue weighted by Crippen LogP contribution is 2.32. The number of esters is 1. The van der Waals surface area contributed by atoms with Gasteiger partial charge in [0.25, 0.3) is 0 Å². The van der Waals surface area contributed by atoms with Gasteiger partial charge < -0.3 is 14.2 Å². The maximum Gasteiger partial charge on any atom is 0.323 e. The summed E-state index contributed by atoms with van der Waals surface area (Å²) in [4.78, 5) is 13.7. The van der Waals surface area contributed by atoms with E-state index in [1.807, 2.05) is 0 Å². The van der Waals surface area contributed by atoms with E-state index in [1.54, 1.807) is 0 Å². The van der Waals surface area contributed by atoms with Crippen LogP contribution in [0.2, 0.25) is 0 Å². The molecule has 0 amide bonds. The predicted molar refractivity (Wildman–Crippen MR) is 54.8 cm³/mol. The van der Waals surface area contributed by atoms with Crippen molar-refractivity contribution in [3.63, 3.8) is 0 Å². The zero-order chi connectivity index (χ0) is 11.0. The molecule has 5 nitrogen and oxygen atoms in total. The molecule has 0 saturated carbocycles. The molecule has 1 unspecified atom stereocenters. The third-order valence-corrected chi connectivity index (χ3v) is 3.72. The first-order valence-electron chi connectivity index (χ1n) is 5.98. The zero-order valence-corrected chi connectivity index (χ0v) is 9.31. The Morgan fingerprint density at radius 3 is 2.38 bits per heavy atom. The van der Waals surface area contributed by atoms with Gasteiger partial charge in [-0.15, -0.1) is 0 Å². The highest BCUT2D eigenvalue weighted by atomic mass is 16.7. The van der Waals surface area contributed by atoms with Crippen molar-refractivity contribution in [3.05, 3.63) is 0 Å². The molecule has 90 valence electrons. The van der Waals surface area contributed by atoms with E-state index in [9.17, 15) is 4.79 Å².